The van der Waals surface area contributed by atoms with Crippen LogP contribution in [0.2, 0.25) is 0 Å². The van der Waals surface area contributed by atoms with Crippen LogP contribution in [0, 0.1) is 25.2 Å². The highest BCUT2D eigenvalue weighted by Crippen LogP contribution is 2.22. The van der Waals surface area contributed by atoms with Crippen molar-refractivity contribution in [3.8, 4) is 6.07 Å². The third-order valence-electron chi connectivity index (χ3n) is 3.18. The Labute approximate surface area is 124 Å². The van der Waals surface area contributed by atoms with Gasteiger partial charge in [0, 0.05) is 7.05 Å². The molecule has 110 valence electrons. The number of rotatable bonds is 4. The first-order valence-corrected chi connectivity index (χ1v) is 7.81. The standard InChI is InChI=1S/C15H16N2O3S/c1-11-4-6-13(9-16)8-15(11)21(18,19)17(3)10-14-7-5-12(2)20-14/h4-8H,10H2,1-3H3. The summed E-state index contributed by atoms with van der Waals surface area (Å²) in [5.41, 5.74) is 0.929. The van der Waals surface area contributed by atoms with Crippen LogP contribution >= 0.6 is 0 Å². The molecule has 2 rings (SSSR count). The van der Waals surface area contributed by atoms with Crippen molar-refractivity contribution < 1.29 is 12.8 Å². The van der Waals surface area contributed by atoms with Crippen molar-refractivity contribution in [1.82, 2.24) is 4.31 Å². The zero-order valence-corrected chi connectivity index (χ0v) is 12.9. The molecule has 0 amide bonds. The number of benzene rings is 1. The Hall–Kier alpha value is -2.10. The third-order valence-corrected chi connectivity index (χ3v) is 5.13. The lowest BCUT2D eigenvalue weighted by Gasteiger charge is -2.17. The van der Waals surface area contributed by atoms with E-state index >= 15 is 0 Å². The van der Waals surface area contributed by atoms with Crippen LogP contribution in [0.1, 0.15) is 22.6 Å². The van der Waals surface area contributed by atoms with Crippen molar-refractivity contribution in [2.75, 3.05) is 7.05 Å². The summed E-state index contributed by atoms with van der Waals surface area (Å²) in [5.74, 6) is 1.31. The van der Waals surface area contributed by atoms with Gasteiger partial charge in [0.15, 0.2) is 0 Å². The molecule has 0 fully saturated rings. The molecular formula is C15H16N2O3S. The fraction of sp³-hybridized carbons (Fsp3) is 0.267. The number of nitrogens with zero attached hydrogens (tertiary/aromatic N) is 2. The molecule has 0 atom stereocenters. The predicted molar refractivity (Wildman–Crippen MR) is 78.0 cm³/mol. The largest absolute Gasteiger partial charge is 0.465 e. The van der Waals surface area contributed by atoms with E-state index in [9.17, 15) is 8.42 Å². The van der Waals surface area contributed by atoms with Crippen molar-refractivity contribution >= 4 is 10.0 Å². The smallest absolute Gasteiger partial charge is 0.243 e. The fourth-order valence-electron chi connectivity index (χ4n) is 1.99. The Kier molecular flexibility index (Phi) is 4.16. The van der Waals surface area contributed by atoms with Gasteiger partial charge in [0.05, 0.1) is 23.1 Å². The Morgan fingerprint density at radius 3 is 2.52 bits per heavy atom. The molecule has 0 aliphatic heterocycles. The van der Waals surface area contributed by atoms with Crippen LogP contribution in [0.5, 0.6) is 0 Å². The maximum atomic E-state index is 12.6. The summed E-state index contributed by atoms with van der Waals surface area (Å²) in [6.07, 6.45) is 0. The van der Waals surface area contributed by atoms with Crippen LogP contribution in [0.3, 0.4) is 0 Å². The molecule has 0 unspecified atom stereocenters. The first-order valence-electron chi connectivity index (χ1n) is 6.37. The first-order chi connectivity index (χ1) is 9.84. The van der Waals surface area contributed by atoms with Crippen LogP contribution in [-0.4, -0.2) is 19.8 Å². The summed E-state index contributed by atoms with van der Waals surface area (Å²) in [6, 6.07) is 10.1. The highest BCUT2D eigenvalue weighted by Gasteiger charge is 2.24. The summed E-state index contributed by atoms with van der Waals surface area (Å²) in [6.45, 7) is 3.66. The lowest BCUT2D eigenvalue weighted by atomic mass is 10.2. The zero-order valence-electron chi connectivity index (χ0n) is 12.1. The van der Waals surface area contributed by atoms with Gasteiger partial charge in [-0.3, -0.25) is 0 Å². The van der Waals surface area contributed by atoms with Gasteiger partial charge in [-0.05, 0) is 43.7 Å². The van der Waals surface area contributed by atoms with Gasteiger partial charge in [0.2, 0.25) is 10.0 Å². The molecule has 1 aromatic carbocycles. The van der Waals surface area contributed by atoms with E-state index in [1.165, 1.54) is 17.4 Å². The summed E-state index contributed by atoms with van der Waals surface area (Å²) in [5, 5.41) is 8.92. The van der Waals surface area contributed by atoms with E-state index in [0.29, 0.717) is 16.9 Å². The van der Waals surface area contributed by atoms with Crippen molar-refractivity contribution in [1.29, 1.82) is 5.26 Å². The van der Waals surface area contributed by atoms with Crippen molar-refractivity contribution in [3.63, 3.8) is 0 Å². The number of nitriles is 1. The number of aryl methyl sites for hydroxylation is 2. The second-order valence-corrected chi connectivity index (χ2v) is 6.88. The molecule has 0 aliphatic carbocycles. The summed E-state index contributed by atoms with van der Waals surface area (Å²) in [4.78, 5) is 0.146. The molecule has 0 saturated carbocycles. The Bertz CT molecular complexity index is 801. The van der Waals surface area contributed by atoms with Crippen LogP contribution in [0.4, 0.5) is 0 Å². The van der Waals surface area contributed by atoms with Gasteiger partial charge in [-0.2, -0.15) is 9.57 Å². The van der Waals surface area contributed by atoms with Gasteiger partial charge in [0.25, 0.3) is 0 Å². The molecule has 0 N–H and O–H groups in total. The van der Waals surface area contributed by atoms with Gasteiger partial charge in [-0.1, -0.05) is 6.07 Å². The van der Waals surface area contributed by atoms with Gasteiger partial charge >= 0.3 is 0 Å². The SMILES string of the molecule is Cc1ccc(CN(C)S(=O)(=O)c2cc(C#N)ccc2C)o1. The van der Waals surface area contributed by atoms with E-state index in [-0.39, 0.29) is 11.4 Å². The molecule has 2 aromatic rings. The first kappa shape index (κ1) is 15.3. The van der Waals surface area contributed by atoms with E-state index in [1.807, 2.05) is 6.07 Å². The summed E-state index contributed by atoms with van der Waals surface area (Å²) < 4.78 is 31.8. The number of hydrogen-bond acceptors (Lipinski definition) is 4. The topological polar surface area (TPSA) is 74.3 Å². The van der Waals surface area contributed by atoms with Crippen LogP contribution < -0.4 is 0 Å². The van der Waals surface area contributed by atoms with E-state index in [1.54, 1.807) is 38.1 Å². The lowest BCUT2D eigenvalue weighted by molar-refractivity contribution is 0.397. The van der Waals surface area contributed by atoms with E-state index in [2.05, 4.69) is 0 Å². The Balaban J connectivity index is 2.35. The minimum atomic E-state index is -3.67. The number of sulfonamides is 1. The van der Waals surface area contributed by atoms with Gasteiger partial charge in [-0.25, -0.2) is 8.42 Å². The Morgan fingerprint density at radius 1 is 1.24 bits per heavy atom. The second-order valence-electron chi connectivity index (χ2n) is 4.87. The highest BCUT2D eigenvalue weighted by atomic mass is 32.2. The number of hydrogen-bond donors (Lipinski definition) is 0. The molecular weight excluding hydrogens is 288 g/mol. The van der Waals surface area contributed by atoms with Crippen molar-refractivity contribution in [2.24, 2.45) is 0 Å². The maximum Gasteiger partial charge on any atom is 0.243 e. The molecule has 0 bridgehead atoms. The van der Waals surface area contributed by atoms with Crippen LogP contribution in [-0.2, 0) is 16.6 Å². The molecule has 0 spiro atoms. The number of furan rings is 1. The normalized spacial score (nSPS) is 11.6. The predicted octanol–water partition coefficient (Wildman–Crippen LogP) is 2.59. The molecule has 1 aromatic heterocycles. The fourth-order valence-corrected chi connectivity index (χ4v) is 3.37. The van der Waals surface area contributed by atoms with Gasteiger partial charge < -0.3 is 4.42 Å². The van der Waals surface area contributed by atoms with Crippen molar-refractivity contribution in [3.05, 3.63) is 53.0 Å². The van der Waals surface area contributed by atoms with E-state index < -0.39 is 10.0 Å². The minimum Gasteiger partial charge on any atom is -0.465 e. The van der Waals surface area contributed by atoms with Gasteiger partial charge in [-0.15, -0.1) is 0 Å². The Morgan fingerprint density at radius 2 is 1.95 bits per heavy atom. The average molecular weight is 304 g/mol. The molecule has 0 aliphatic rings. The van der Waals surface area contributed by atoms with Crippen LogP contribution in [0.25, 0.3) is 0 Å². The summed E-state index contributed by atoms with van der Waals surface area (Å²) in [7, 11) is -2.18. The molecule has 6 heteroatoms. The molecule has 0 radical (unpaired) electrons. The monoisotopic (exact) mass is 304 g/mol. The molecule has 21 heavy (non-hydrogen) atoms. The molecule has 0 saturated heterocycles. The van der Waals surface area contributed by atoms with E-state index in [4.69, 9.17) is 9.68 Å². The maximum absolute atomic E-state index is 12.6. The minimum absolute atomic E-state index is 0.145. The van der Waals surface area contributed by atoms with Gasteiger partial charge in [0.1, 0.15) is 11.5 Å². The third kappa shape index (κ3) is 3.15. The molecule has 5 nitrogen and oxygen atoms in total. The lowest BCUT2D eigenvalue weighted by Crippen LogP contribution is -2.27. The quantitative estimate of drug-likeness (QED) is 0.870. The van der Waals surface area contributed by atoms with Crippen LogP contribution in [0.15, 0.2) is 39.6 Å². The summed E-state index contributed by atoms with van der Waals surface area (Å²) >= 11 is 0. The zero-order chi connectivity index (χ0) is 15.6. The molecule has 1 heterocycles. The second kappa shape index (κ2) is 5.72. The van der Waals surface area contributed by atoms with Crippen molar-refractivity contribution in [2.45, 2.75) is 25.3 Å². The highest BCUT2D eigenvalue weighted by molar-refractivity contribution is 7.89. The average Bonchev–Trinajstić information content (AvgIpc) is 2.84. The van der Waals surface area contributed by atoms with E-state index in [0.717, 1.165) is 5.76 Å².